The number of aromatic nitrogens is 2. The molecule has 0 spiro atoms. The number of carboxylic acid groups (broad SMARTS) is 1. The lowest BCUT2D eigenvalue weighted by Crippen LogP contribution is -2.37. The molecule has 1 unspecified atom stereocenters. The molecule has 1 aromatic carbocycles. The van der Waals surface area contributed by atoms with E-state index in [0.29, 0.717) is 17.7 Å². The average Bonchev–Trinajstić information content (AvgIpc) is 2.88. The molecule has 0 bridgehead atoms. The largest absolute Gasteiger partial charge is 0.477 e. The normalized spacial score (nSPS) is 19.4. The zero-order chi connectivity index (χ0) is 18.0. The Hall–Kier alpha value is -3.24. The molecule has 1 amide bonds. The molecule has 7 heteroatoms. The van der Waals surface area contributed by atoms with Crippen LogP contribution in [0.15, 0.2) is 36.5 Å². The number of benzene rings is 1. The summed E-state index contributed by atoms with van der Waals surface area (Å²) in [6.07, 6.45) is 1.64. The van der Waals surface area contributed by atoms with Gasteiger partial charge in [0.15, 0.2) is 11.5 Å². The summed E-state index contributed by atoms with van der Waals surface area (Å²) >= 11 is 0. The third-order valence-corrected chi connectivity index (χ3v) is 3.92. The molecular weight excluding hydrogens is 322 g/mol. The van der Waals surface area contributed by atoms with Crippen molar-refractivity contribution >= 4 is 11.9 Å². The van der Waals surface area contributed by atoms with E-state index in [1.165, 1.54) is 17.2 Å². The fraction of sp³-hybridized carbons (Fsp3) is 0.222. The maximum atomic E-state index is 11.9. The predicted octanol–water partition coefficient (Wildman–Crippen LogP) is 0.786. The van der Waals surface area contributed by atoms with E-state index in [-0.39, 0.29) is 17.9 Å². The molecule has 0 saturated carbocycles. The monoisotopic (exact) mass is 337 g/mol. The van der Waals surface area contributed by atoms with Crippen LogP contribution in [0.5, 0.6) is 0 Å². The zero-order valence-corrected chi connectivity index (χ0v) is 13.4. The minimum absolute atomic E-state index is 0.101. The van der Waals surface area contributed by atoms with Gasteiger partial charge in [-0.25, -0.2) is 14.8 Å². The van der Waals surface area contributed by atoms with Gasteiger partial charge in [-0.1, -0.05) is 24.0 Å². The molecule has 7 nitrogen and oxygen atoms in total. The first-order valence-electron chi connectivity index (χ1n) is 7.57. The van der Waals surface area contributed by atoms with E-state index in [2.05, 4.69) is 21.8 Å². The SMILES string of the molecule is CN1CCC(O)(C#Cc2cccc(-c3nccc(C(=O)O)n3)c2)C1=O. The van der Waals surface area contributed by atoms with Crippen molar-refractivity contribution in [3.05, 3.63) is 47.8 Å². The smallest absolute Gasteiger partial charge is 0.354 e. The van der Waals surface area contributed by atoms with E-state index < -0.39 is 17.5 Å². The first-order chi connectivity index (χ1) is 11.9. The van der Waals surface area contributed by atoms with E-state index >= 15 is 0 Å². The van der Waals surface area contributed by atoms with Crippen molar-refractivity contribution in [3.63, 3.8) is 0 Å². The number of hydrogen-bond donors (Lipinski definition) is 2. The lowest BCUT2D eigenvalue weighted by Gasteiger charge is -2.13. The molecule has 1 fully saturated rings. The van der Waals surface area contributed by atoms with Crippen LogP contribution in [0.4, 0.5) is 0 Å². The van der Waals surface area contributed by atoms with Gasteiger partial charge in [-0.15, -0.1) is 0 Å². The minimum atomic E-state index is -1.66. The summed E-state index contributed by atoms with van der Waals surface area (Å²) < 4.78 is 0. The highest BCUT2D eigenvalue weighted by Crippen LogP contribution is 2.21. The molecule has 2 N–H and O–H groups in total. The molecule has 25 heavy (non-hydrogen) atoms. The Bertz CT molecular complexity index is 916. The second kappa shape index (κ2) is 6.34. The molecule has 2 aromatic rings. The fourth-order valence-electron chi connectivity index (χ4n) is 2.50. The Morgan fingerprint density at radius 2 is 2.16 bits per heavy atom. The van der Waals surface area contributed by atoms with Crippen LogP contribution in [-0.2, 0) is 4.79 Å². The highest BCUT2D eigenvalue weighted by atomic mass is 16.4. The quantitative estimate of drug-likeness (QED) is 0.785. The lowest BCUT2D eigenvalue weighted by molar-refractivity contribution is -0.137. The second-order valence-electron chi connectivity index (χ2n) is 5.74. The molecule has 0 aliphatic carbocycles. The fourth-order valence-corrected chi connectivity index (χ4v) is 2.50. The first-order valence-corrected chi connectivity index (χ1v) is 7.57. The van der Waals surface area contributed by atoms with Crippen LogP contribution < -0.4 is 0 Å². The maximum Gasteiger partial charge on any atom is 0.354 e. The van der Waals surface area contributed by atoms with Crippen LogP contribution in [0.3, 0.4) is 0 Å². The molecule has 2 heterocycles. The first kappa shape index (κ1) is 16.6. The van der Waals surface area contributed by atoms with Crippen LogP contribution in [-0.4, -0.2) is 56.2 Å². The number of amides is 1. The summed E-state index contributed by atoms with van der Waals surface area (Å²) in [5.41, 5.74) is -0.602. The van der Waals surface area contributed by atoms with Crippen molar-refractivity contribution in [1.29, 1.82) is 0 Å². The molecule has 1 aliphatic rings. The van der Waals surface area contributed by atoms with Crippen LogP contribution >= 0.6 is 0 Å². The summed E-state index contributed by atoms with van der Waals surface area (Å²) in [4.78, 5) is 32.5. The van der Waals surface area contributed by atoms with Crippen LogP contribution in [0.25, 0.3) is 11.4 Å². The van der Waals surface area contributed by atoms with Gasteiger partial charge in [-0.05, 0) is 18.2 Å². The number of likely N-dealkylation sites (N-methyl/N-ethyl adjacent to an activating group) is 1. The third-order valence-electron chi connectivity index (χ3n) is 3.92. The van der Waals surface area contributed by atoms with Gasteiger partial charge in [-0.3, -0.25) is 4.79 Å². The van der Waals surface area contributed by atoms with Gasteiger partial charge >= 0.3 is 5.97 Å². The van der Waals surface area contributed by atoms with E-state index in [1.807, 2.05) is 0 Å². The summed E-state index contributed by atoms with van der Waals surface area (Å²) in [5, 5.41) is 19.3. The van der Waals surface area contributed by atoms with E-state index in [4.69, 9.17) is 5.11 Å². The number of carbonyl (C=O) groups is 2. The van der Waals surface area contributed by atoms with E-state index in [1.54, 1.807) is 31.3 Å². The van der Waals surface area contributed by atoms with Crippen molar-refractivity contribution in [3.8, 4) is 23.2 Å². The van der Waals surface area contributed by atoms with Gasteiger partial charge in [-0.2, -0.15) is 0 Å². The maximum absolute atomic E-state index is 11.9. The Morgan fingerprint density at radius 3 is 2.84 bits per heavy atom. The van der Waals surface area contributed by atoms with Crippen LogP contribution in [0.1, 0.15) is 22.5 Å². The average molecular weight is 337 g/mol. The number of rotatable bonds is 2. The summed E-state index contributed by atoms with van der Waals surface area (Å²) in [5.74, 6) is 4.17. The van der Waals surface area contributed by atoms with Gasteiger partial charge in [0.1, 0.15) is 0 Å². The molecule has 1 aromatic heterocycles. The third kappa shape index (κ3) is 3.34. The Labute approximate surface area is 144 Å². The molecular formula is C18H15N3O4. The van der Waals surface area contributed by atoms with Crippen LogP contribution in [0, 0.1) is 11.8 Å². The zero-order valence-electron chi connectivity index (χ0n) is 13.4. The van der Waals surface area contributed by atoms with Gasteiger partial charge in [0.25, 0.3) is 5.91 Å². The van der Waals surface area contributed by atoms with Crippen molar-refractivity contribution < 1.29 is 19.8 Å². The number of carboxylic acids is 1. The number of hydrogen-bond acceptors (Lipinski definition) is 5. The van der Waals surface area contributed by atoms with Gasteiger partial charge in [0, 0.05) is 37.3 Å². The van der Waals surface area contributed by atoms with E-state index in [0.717, 1.165) is 0 Å². The van der Waals surface area contributed by atoms with Crippen molar-refractivity contribution in [2.45, 2.75) is 12.0 Å². The predicted molar refractivity (Wildman–Crippen MR) is 88.5 cm³/mol. The number of aromatic carboxylic acids is 1. The van der Waals surface area contributed by atoms with Gasteiger partial charge in [0.05, 0.1) is 0 Å². The number of carbonyl (C=O) groups excluding carboxylic acids is 1. The molecule has 3 rings (SSSR count). The van der Waals surface area contributed by atoms with Crippen molar-refractivity contribution in [2.24, 2.45) is 0 Å². The molecule has 126 valence electrons. The summed E-state index contributed by atoms with van der Waals surface area (Å²) in [7, 11) is 1.62. The Kier molecular flexibility index (Phi) is 4.21. The molecule has 0 radical (unpaired) electrons. The molecule has 1 aliphatic heterocycles. The summed E-state index contributed by atoms with van der Waals surface area (Å²) in [6, 6.07) is 8.18. The lowest BCUT2D eigenvalue weighted by atomic mass is 10.0. The number of aliphatic hydroxyl groups is 1. The Morgan fingerprint density at radius 1 is 1.36 bits per heavy atom. The van der Waals surface area contributed by atoms with Crippen LogP contribution in [0.2, 0.25) is 0 Å². The van der Waals surface area contributed by atoms with Crippen molar-refractivity contribution in [1.82, 2.24) is 14.9 Å². The number of nitrogens with zero attached hydrogens (tertiary/aromatic N) is 3. The highest BCUT2D eigenvalue weighted by Gasteiger charge is 2.42. The standard InChI is InChI=1S/C18H15N3O4/c1-21-10-8-18(25,17(21)24)7-5-12-3-2-4-13(11-12)15-19-9-6-14(20-15)16(22)23/h2-4,6,9,11,25H,8,10H2,1H3,(H,22,23). The van der Waals surface area contributed by atoms with Crippen molar-refractivity contribution in [2.75, 3.05) is 13.6 Å². The summed E-state index contributed by atoms with van der Waals surface area (Å²) in [6.45, 7) is 0.458. The number of likely N-dealkylation sites (tertiary alicyclic amines) is 1. The second-order valence-corrected chi connectivity index (χ2v) is 5.74. The Balaban J connectivity index is 1.91. The highest BCUT2D eigenvalue weighted by molar-refractivity contribution is 5.90. The topological polar surface area (TPSA) is 104 Å². The minimum Gasteiger partial charge on any atom is -0.477 e. The van der Waals surface area contributed by atoms with E-state index in [9.17, 15) is 14.7 Å². The molecule has 1 saturated heterocycles. The van der Waals surface area contributed by atoms with Gasteiger partial charge < -0.3 is 15.1 Å². The van der Waals surface area contributed by atoms with Gasteiger partial charge in [0.2, 0.25) is 5.60 Å². The molecule has 1 atom stereocenters.